The van der Waals surface area contributed by atoms with Gasteiger partial charge in [0.15, 0.2) is 0 Å². The van der Waals surface area contributed by atoms with Crippen molar-refractivity contribution in [2.75, 3.05) is 6.54 Å². The molecule has 2 amide bonds. The van der Waals surface area contributed by atoms with E-state index in [-0.39, 0.29) is 18.9 Å². The van der Waals surface area contributed by atoms with Crippen LogP contribution < -0.4 is 10.6 Å². The number of carbonyl (C=O) groups excluding carboxylic acids is 1. The van der Waals surface area contributed by atoms with Crippen LogP contribution in [0.4, 0.5) is 13.6 Å². The molecular formula is C15H13BrF2N2O3S. The zero-order valence-electron chi connectivity index (χ0n) is 12.2. The van der Waals surface area contributed by atoms with E-state index in [9.17, 15) is 18.4 Å². The molecule has 0 spiro atoms. The quantitative estimate of drug-likeness (QED) is 0.672. The van der Waals surface area contributed by atoms with E-state index in [2.05, 4.69) is 26.6 Å². The first kappa shape index (κ1) is 18.3. The highest BCUT2D eigenvalue weighted by Crippen LogP contribution is 2.20. The molecule has 2 rings (SSSR count). The minimum absolute atomic E-state index is 0.0766. The number of carbonyl (C=O) groups is 2. The Kier molecular flexibility index (Phi) is 6.27. The maximum absolute atomic E-state index is 13.3. The molecule has 0 aliphatic carbocycles. The second kappa shape index (κ2) is 8.20. The van der Waals surface area contributed by atoms with Gasteiger partial charge in [-0.1, -0.05) is 0 Å². The van der Waals surface area contributed by atoms with Crippen molar-refractivity contribution in [1.29, 1.82) is 0 Å². The van der Waals surface area contributed by atoms with Gasteiger partial charge in [-0.2, -0.15) is 0 Å². The van der Waals surface area contributed by atoms with Crippen LogP contribution in [-0.2, 0) is 6.42 Å². The van der Waals surface area contributed by atoms with Crippen molar-refractivity contribution in [2.45, 2.75) is 12.5 Å². The fourth-order valence-corrected chi connectivity index (χ4v) is 3.42. The average Bonchev–Trinajstić information content (AvgIpc) is 2.90. The number of rotatable bonds is 6. The molecule has 2 aromatic rings. The maximum Gasteiger partial charge on any atom is 0.404 e. The molecule has 1 heterocycles. The van der Waals surface area contributed by atoms with Gasteiger partial charge in [-0.15, -0.1) is 11.3 Å². The summed E-state index contributed by atoms with van der Waals surface area (Å²) < 4.78 is 27.3. The Morgan fingerprint density at radius 1 is 1.21 bits per heavy atom. The van der Waals surface area contributed by atoms with Gasteiger partial charge in [0.2, 0.25) is 0 Å². The second-order valence-corrected chi connectivity index (χ2v) is 6.79. The molecule has 1 atom stereocenters. The largest absolute Gasteiger partial charge is 0.465 e. The third kappa shape index (κ3) is 5.57. The van der Waals surface area contributed by atoms with Crippen molar-refractivity contribution in [2.24, 2.45) is 0 Å². The second-order valence-electron chi connectivity index (χ2n) is 4.97. The third-order valence-corrected chi connectivity index (χ3v) is 4.72. The van der Waals surface area contributed by atoms with Gasteiger partial charge in [0.25, 0.3) is 5.91 Å². The van der Waals surface area contributed by atoms with Crippen LogP contribution in [0.3, 0.4) is 0 Å². The summed E-state index contributed by atoms with van der Waals surface area (Å²) in [5.41, 5.74) is 0.317. The number of amides is 2. The summed E-state index contributed by atoms with van der Waals surface area (Å²) in [7, 11) is 0. The van der Waals surface area contributed by atoms with E-state index in [0.29, 0.717) is 10.4 Å². The van der Waals surface area contributed by atoms with Gasteiger partial charge in [-0.3, -0.25) is 4.79 Å². The van der Waals surface area contributed by atoms with E-state index in [1.807, 2.05) is 0 Å². The van der Waals surface area contributed by atoms with Crippen LogP contribution in [0.2, 0.25) is 0 Å². The lowest BCUT2D eigenvalue weighted by Gasteiger charge is -2.18. The Labute approximate surface area is 148 Å². The molecule has 0 saturated heterocycles. The van der Waals surface area contributed by atoms with Crippen molar-refractivity contribution < 1.29 is 23.5 Å². The molecule has 128 valence electrons. The molecule has 0 saturated carbocycles. The Hall–Kier alpha value is -2.00. The van der Waals surface area contributed by atoms with Gasteiger partial charge in [0.1, 0.15) is 11.6 Å². The highest BCUT2D eigenvalue weighted by molar-refractivity contribution is 9.10. The number of carboxylic acid groups (broad SMARTS) is 1. The van der Waals surface area contributed by atoms with E-state index < -0.39 is 23.8 Å². The predicted molar refractivity (Wildman–Crippen MR) is 89.4 cm³/mol. The van der Waals surface area contributed by atoms with E-state index in [1.54, 1.807) is 11.4 Å². The first-order valence-electron chi connectivity index (χ1n) is 6.80. The number of thiophene rings is 1. The number of hydrogen-bond donors (Lipinski definition) is 3. The minimum Gasteiger partial charge on any atom is -0.465 e. The third-order valence-electron chi connectivity index (χ3n) is 3.03. The van der Waals surface area contributed by atoms with Crippen LogP contribution in [0.15, 0.2) is 34.1 Å². The summed E-state index contributed by atoms with van der Waals surface area (Å²) in [5, 5.41) is 15.3. The summed E-state index contributed by atoms with van der Waals surface area (Å²) in [5.74, 6) is -1.85. The monoisotopic (exact) mass is 418 g/mol. The molecule has 3 N–H and O–H groups in total. The Balaban J connectivity index is 2.11. The smallest absolute Gasteiger partial charge is 0.404 e. The number of hydrogen-bond acceptors (Lipinski definition) is 3. The number of halogens is 3. The molecule has 0 bridgehead atoms. The van der Waals surface area contributed by atoms with Gasteiger partial charge < -0.3 is 15.7 Å². The Morgan fingerprint density at radius 3 is 2.42 bits per heavy atom. The van der Waals surface area contributed by atoms with Crippen molar-refractivity contribution in [3.05, 3.63) is 56.2 Å². The van der Waals surface area contributed by atoms with Crippen LogP contribution >= 0.6 is 27.3 Å². The summed E-state index contributed by atoms with van der Waals surface area (Å²) in [6.45, 7) is -0.0915. The van der Waals surface area contributed by atoms with Gasteiger partial charge in [0.05, 0.1) is 10.9 Å². The van der Waals surface area contributed by atoms with E-state index >= 15 is 0 Å². The average molecular weight is 419 g/mol. The van der Waals surface area contributed by atoms with E-state index in [4.69, 9.17) is 5.11 Å². The predicted octanol–water partition coefficient (Wildman–Crippen LogP) is 3.40. The molecule has 5 nitrogen and oxygen atoms in total. The fourth-order valence-electron chi connectivity index (χ4n) is 2.09. The van der Waals surface area contributed by atoms with E-state index in [0.717, 1.165) is 22.7 Å². The van der Waals surface area contributed by atoms with Crippen molar-refractivity contribution in [1.82, 2.24) is 10.6 Å². The normalized spacial score (nSPS) is 11.8. The zero-order chi connectivity index (χ0) is 17.7. The molecular weight excluding hydrogens is 406 g/mol. The van der Waals surface area contributed by atoms with E-state index in [1.165, 1.54) is 11.3 Å². The molecule has 1 aromatic heterocycles. The maximum atomic E-state index is 13.3. The summed E-state index contributed by atoms with van der Waals surface area (Å²) >= 11 is 4.46. The number of benzene rings is 1. The van der Waals surface area contributed by atoms with Crippen LogP contribution in [0.5, 0.6) is 0 Å². The van der Waals surface area contributed by atoms with Gasteiger partial charge >= 0.3 is 6.09 Å². The topological polar surface area (TPSA) is 78.4 Å². The van der Waals surface area contributed by atoms with Crippen molar-refractivity contribution >= 4 is 39.3 Å². The molecule has 0 aliphatic rings. The summed E-state index contributed by atoms with van der Waals surface area (Å²) in [6, 6.07) is 4.00. The highest BCUT2D eigenvalue weighted by atomic mass is 79.9. The molecule has 0 aliphatic heterocycles. The molecule has 1 aromatic carbocycles. The molecule has 9 heteroatoms. The number of nitrogens with one attached hydrogen (secondary N) is 2. The molecule has 0 fully saturated rings. The van der Waals surface area contributed by atoms with Crippen LogP contribution in [0.25, 0.3) is 0 Å². The van der Waals surface area contributed by atoms with Crippen molar-refractivity contribution in [3.8, 4) is 0 Å². The summed E-state index contributed by atoms with van der Waals surface area (Å²) in [6.07, 6.45) is -1.17. The molecule has 24 heavy (non-hydrogen) atoms. The van der Waals surface area contributed by atoms with Crippen molar-refractivity contribution in [3.63, 3.8) is 0 Å². The first-order chi connectivity index (χ1) is 11.3. The summed E-state index contributed by atoms with van der Waals surface area (Å²) in [4.78, 5) is 23.3. The molecule has 0 unspecified atom stereocenters. The molecule has 0 radical (unpaired) electrons. The van der Waals surface area contributed by atoms with Crippen LogP contribution in [-0.4, -0.2) is 29.7 Å². The van der Waals surface area contributed by atoms with Gasteiger partial charge in [-0.25, -0.2) is 13.6 Å². The zero-order valence-corrected chi connectivity index (χ0v) is 14.6. The van der Waals surface area contributed by atoms with Gasteiger partial charge in [-0.05, 0) is 46.1 Å². The Morgan fingerprint density at radius 2 is 1.88 bits per heavy atom. The van der Waals surface area contributed by atoms with Crippen LogP contribution in [0.1, 0.15) is 15.2 Å². The lowest BCUT2D eigenvalue weighted by molar-refractivity contribution is 0.0939. The van der Waals surface area contributed by atoms with Gasteiger partial charge in [0, 0.05) is 22.5 Å². The lowest BCUT2D eigenvalue weighted by Crippen LogP contribution is -2.44. The fraction of sp³-hybridized carbons (Fsp3) is 0.200. The highest BCUT2D eigenvalue weighted by Gasteiger charge is 2.17. The Bertz CT molecular complexity index is 734. The standard InChI is InChI=1S/C15H13BrF2N2O3S/c16-9-4-13(24-7-9)14(21)20-12(6-19-15(22)23)3-8-1-10(17)5-11(18)2-8/h1-2,4-5,7,12,19H,3,6H2,(H,20,21)(H,22,23)/t12-/m0/s1. The minimum atomic E-state index is -1.25. The first-order valence-corrected chi connectivity index (χ1v) is 8.47. The SMILES string of the molecule is O=C(O)NC[C@H](Cc1cc(F)cc(F)c1)NC(=O)c1cc(Br)cs1. The lowest BCUT2D eigenvalue weighted by atomic mass is 10.1. The van der Waals surface area contributed by atoms with Crippen LogP contribution in [0, 0.1) is 11.6 Å².